The van der Waals surface area contributed by atoms with Gasteiger partial charge in [0, 0.05) is 54.7 Å². The minimum absolute atomic E-state index is 0.671. The van der Waals surface area contributed by atoms with Gasteiger partial charge in [-0.05, 0) is 36.2 Å². The topological polar surface area (TPSA) is 44.3 Å². The Kier molecular flexibility index (Phi) is 6.38. The fourth-order valence-corrected chi connectivity index (χ4v) is 4.05. The van der Waals surface area contributed by atoms with Crippen LogP contribution in [0.25, 0.3) is 10.9 Å². The average molecular weight is 430 g/mol. The van der Waals surface area contributed by atoms with E-state index in [0.717, 1.165) is 78.9 Å². The molecule has 0 unspecified atom stereocenters. The van der Waals surface area contributed by atoms with Crippen LogP contribution in [0.4, 0.5) is 11.8 Å². The summed E-state index contributed by atoms with van der Waals surface area (Å²) in [5.74, 6) is 1.72. The van der Waals surface area contributed by atoms with Crippen molar-refractivity contribution in [3.63, 3.8) is 0 Å². The molecule has 0 spiro atoms. The third-order valence-electron chi connectivity index (χ3n) is 5.20. The van der Waals surface area contributed by atoms with Crippen LogP contribution in [-0.4, -0.2) is 47.6 Å². The van der Waals surface area contributed by atoms with Gasteiger partial charge in [-0.1, -0.05) is 48.3 Å². The van der Waals surface area contributed by atoms with Crippen LogP contribution in [-0.2, 0) is 6.54 Å². The van der Waals surface area contributed by atoms with Crippen LogP contribution in [0, 0.1) is 0 Å². The van der Waals surface area contributed by atoms with Gasteiger partial charge in [0.15, 0.2) is 0 Å². The summed E-state index contributed by atoms with van der Waals surface area (Å²) < 4.78 is 0. The molecule has 5 nitrogen and oxygen atoms in total. The standard InChI is InChI=1S/C22H25Cl2N5/c1-2-9-25-21-18-5-3-4-6-20(18)26-22(27-21)29-12-10-28(11-13-29)15-16-7-8-17(23)14-19(16)24/h3-8,14H,2,9-13,15H2,1H3,(H,25,26,27). The van der Waals surface area contributed by atoms with Crippen molar-refractivity contribution >= 4 is 45.9 Å². The van der Waals surface area contributed by atoms with Crippen molar-refractivity contribution in [3.05, 3.63) is 58.1 Å². The molecule has 0 radical (unpaired) electrons. The van der Waals surface area contributed by atoms with E-state index in [1.807, 2.05) is 30.3 Å². The van der Waals surface area contributed by atoms with Crippen LogP contribution in [0.15, 0.2) is 42.5 Å². The monoisotopic (exact) mass is 429 g/mol. The van der Waals surface area contributed by atoms with Crippen LogP contribution in [0.1, 0.15) is 18.9 Å². The number of anilines is 2. The Labute approximate surface area is 181 Å². The molecule has 2 aromatic carbocycles. The molecule has 0 atom stereocenters. The van der Waals surface area contributed by atoms with Gasteiger partial charge >= 0.3 is 0 Å². The summed E-state index contributed by atoms with van der Waals surface area (Å²) in [5.41, 5.74) is 2.09. The first-order valence-corrected chi connectivity index (χ1v) is 10.8. The number of nitrogens with one attached hydrogen (secondary N) is 1. The molecule has 1 aliphatic heterocycles. The molecule has 1 fully saturated rings. The Hall–Kier alpha value is -2.08. The van der Waals surface area contributed by atoms with E-state index < -0.39 is 0 Å². The molecular weight excluding hydrogens is 405 g/mol. The Morgan fingerprint density at radius 1 is 1.00 bits per heavy atom. The smallest absolute Gasteiger partial charge is 0.227 e. The zero-order valence-corrected chi connectivity index (χ0v) is 18.0. The molecule has 1 aromatic heterocycles. The van der Waals surface area contributed by atoms with Gasteiger partial charge in [0.1, 0.15) is 5.82 Å². The van der Waals surface area contributed by atoms with Crippen molar-refractivity contribution < 1.29 is 0 Å². The normalized spacial score (nSPS) is 15.1. The van der Waals surface area contributed by atoms with Crippen molar-refractivity contribution in [1.82, 2.24) is 14.9 Å². The van der Waals surface area contributed by atoms with E-state index in [2.05, 4.69) is 34.2 Å². The van der Waals surface area contributed by atoms with E-state index in [9.17, 15) is 0 Å². The van der Waals surface area contributed by atoms with Crippen LogP contribution in [0.5, 0.6) is 0 Å². The van der Waals surface area contributed by atoms with E-state index in [4.69, 9.17) is 33.2 Å². The molecule has 0 aliphatic carbocycles. The number of hydrogen-bond donors (Lipinski definition) is 1. The Bertz CT molecular complexity index is 986. The second-order valence-corrected chi connectivity index (χ2v) is 8.16. The summed E-state index contributed by atoms with van der Waals surface area (Å²) in [5, 5.41) is 5.92. The lowest BCUT2D eigenvalue weighted by Gasteiger charge is -2.35. The number of fused-ring (bicyclic) bond motifs is 1. The van der Waals surface area contributed by atoms with E-state index in [1.54, 1.807) is 0 Å². The van der Waals surface area contributed by atoms with E-state index >= 15 is 0 Å². The van der Waals surface area contributed by atoms with Crippen LogP contribution in [0.3, 0.4) is 0 Å². The van der Waals surface area contributed by atoms with Crippen molar-refractivity contribution in [1.29, 1.82) is 0 Å². The second-order valence-electron chi connectivity index (χ2n) is 7.32. The average Bonchev–Trinajstić information content (AvgIpc) is 2.74. The fraction of sp³-hybridized carbons (Fsp3) is 0.364. The van der Waals surface area contributed by atoms with Crippen LogP contribution < -0.4 is 10.2 Å². The molecule has 29 heavy (non-hydrogen) atoms. The van der Waals surface area contributed by atoms with Crippen LogP contribution >= 0.6 is 23.2 Å². The minimum Gasteiger partial charge on any atom is -0.369 e. The van der Waals surface area contributed by atoms with Crippen LogP contribution in [0.2, 0.25) is 10.0 Å². The van der Waals surface area contributed by atoms with Crippen molar-refractivity contribution in [2.75, 3.05) is 42.9 Å². The first-order chi connectivity index (χ1) is 14.1. The lowest BCUT2D eigenvalue weighted by molar-refractivity contribution is 0.249. The fourth-order valence-electron chi connectivity index (χ4n) is 3.58. The van der Waals surface area contributed by atoms with Gasteiger partial charge in [0.2, 0.25) is 5.95 Å². The largest absolute Gasteiger partial charge is 0.369 e. The predicted molar refractivity (Wildman–Crippen MR) is 122 cm³/mol. The SMILES string of the molecule is CCCNc1nc(N2CCN(Cc3ccc(Cl)cc3Cl)CC2)nc2ccccc12. The van der Waals surface area contributed by atoms with Gasteiger partial charge in [-0.15, -0.1) is 0 Å². The van der Waals surface area contributed by atoms with E-state index in [-0.39, 0.29) is 0 Å². The zero-order chi connectivity index (χ0) is 20.2. The number of nitrogens with zero attached hydrogens (tertiary/aromatic N) is 4. The second kappa shape index (κ2) is 9.16. The maximum Gasteiger partial charge on any atom is 0.227 e. The van der Waals surface area contributed by atoms with Gasteiger partial charge in [-0.2, -0.15) is 4.98 Å². The molecular formula is C22H25Cl2N5. The number of rotatable bonds is 6. The lowest BCUT2D eigenvalue weighted by atomic mass is 10.2. The Morgan fingerprint density at radius 3 is 2.55 bits per heavy atom. The highest BCUT2D eigenvalue weighted by molar-refractivity contribution is 6.35. The molecule has 152 valence electrons. The lowest BCUT2D eigenvalue weighted by Crippen LogP contribution is -2.46. The molecule has 0 saturated carbocycles. The molecule has 0 bridgehead atoms. The first kappa shape index (κ1) is 20.2. The van der Waals surface area contributed by atoms with Crippen molar-refractivity contribution in [2.45, 2.75) is 19.9 Å². The highest BCUT2D eigenvalue weighted by atomic mass is 35.5. The molecule has 2 heterocycles. The van der Waals surface area contributed by atoms with Crippen molar-refractivity contribution in [3.8, 4) is 0 Å². The number of hydrogen-bond acceptors (Lipinski definition) is 5. The van der Waals surface area contributed by atoms with Gasteiger partial charge in [0.05, 0.1) is 5.52 Å². The number of para-hydroxylation sites is 1. The number of aromatic nitrogens is 2. The summed E-state index contributed by atoms with van der Waals surface area (Å²) in [4.78, 5) is 14.3. The van der Waals surface area contributed by atoms with Gasteiger partial charge < -0.3 is 10.2 Å². The molecule has 1 saturated heterocycles. The Balaban J connectivity index is 1.47. The first-order valence-electron chi connectivity index (χ1n) is 10.1. The molecule has 4 rings (SSSR count). The van der Waals surface area contributed by atoms with Gasteiger partial charge in [0.25, 0.3) is 0 Å². The van der Waals surface area contributed by atoms with E-state index in [0.29, 0.717) is 5.02 Å². The van der Waals surface area contributed by atoms with Gasteiger partial charge in [-0.25, -0.2) is 4.98 Å². The number of benzene rings is 2. The quantitative estimate of drug-likeness (QED) is 0.591. The highest BCUT2D eigenvalue weighted by Gasteiger charge is 2.21. The molecule has 1 aliphatic rings. The number of piperazine rings is 1. The third kappa shape index (κ3) is 4.74. The third-order valence-corrected chi connectivity index (χ3v) is 5.79. The molecule has 3 aromatic rings. The summed E-state index contributed by atoms with van der Waals surface area (Å²) in [7, 11) is 0. The Morgan fingerprint density at radius 2 is 1.79 bits per heavy atom. The molecule has 7 heteroatoms. The maximum atomic E-state index is 6.34. The minimum atomic E-state index is 0.671. The summed E-state index contributed by atoms with van der Waals surface area (Å²) in [6, 6.07) is 13.9. The number of halogens is 2. The predicted octanol–water partition coefficient (Wildman–Crippen LogP) is 5.08. The van der Waals surface area contributed by atoms with E-state index in [1.165, 1.54) is 0 Å². The molecule has 1 N–H and O–H groups in total. The maximum absolute atomic E-state index is 6.34. The van der Waals surface area contributed by atoms with Crippen molar-refractivity contribution in [2.24, 2.45) is 0 Å². The molecule has 0 amide bonds. The summed E-state index contributed by atoms with van der Waals surface area (Å²) in [6.45, 7) is 7.53. The zero-order valence-electron chi connectivity index (χ0n) is 16.5. The summed E-state index contributed by atoms with van der Waals surface area (Å²) in [6.07, 6.45) is 1.06. The highest BCUT2D eigenvalue weighted by Crippen LogP contribution is 2.25. The van der Waals surface area contributed by atoms with Gasteiger partial charge in [-0.3, -0.25) is 4.90 Å². The summed E-state index contributed by atoms with van der Waals surface area (Å²) >= 11 is 12.3.